The lowest BCUT2D eigenvalue weighted by atomic mass is 9.93. The molecule has 0 aliphatic carbocycles. The maximum Gasteiger partial charge on any atom is 0.133 e. The Kier molecular flexibility index (Phi) is 3.90. The smallest absolute Gasteiger partial charge is 0.133 e. The zero-order chi connectivity index (χ0) is 14.1. The Balaban J connectivity index is 1.90. The van der Waals surface area contributed by atoms with Gasteiger partial charge >= 0.3 is 0 Å². The molecule has 4 heteroatoms. The van der Waals surface area contributed by atoms with Gasteiger partial charge in [0.15, 0.2) is 0 Å². The van der Waals surface area contributed by atoms with E-state index in [4.69, 9.17) is 21.1 Å². The second kappa shape index (κ2) is 5.66. The van der Waals surface area contributed by atoms with E-state index in [9.17, 15) is 0 Å². The summed E-state index contributed by atoms with van der Waals surface area (Å²) in [7, 11) is 1.65. The van der Waals surface area contributed by atoms with Crippen molar-refractivity contribution in [1.82, 2.24) is 0 Å². The van der Waals surface area contributed by atoms with E-state index in [0.717, 1.165) is 21.5 Å². The molecule has 0 saturated carbocycles. The second-order valence-corrected chi connectivity index (χ2v) is 6.08. The van der Waals surface area contributed by atoms with Crippen molar-refractivity contribution < 1.29 is 9.47 Å². The first kappa shape index (κ1) is 13.8. The normalized spacial score (nSPS) is 18.2. The van der Waals surface area contributed by atoms with E-state index in [2.05, 4.69) is 22.0 Å². The lowest BCUT2D eigenvalue weighted by molar-refractivity contribution is 0.328. The summed E-state index contributed by atoms with van der Waals surface area (Å²) in [6, 6.07) is 14.0. The lowest BCUT2D eigenvalue weighted by Crippen LogP contribution is -2.08. The molecule has 20 heavy (non-hydrogen) atoms. The maximum atomic E-state index is 6.67. The number of rotatable bonds is 3. The fraction of sp³-hybridized carbons (Fsp3) is 0.250. The van der Waals surface area contributed by atoms with Crippen LogP contribution in [0.25, 0.3) is 0 Å². The highest BCUT2D eigenvalue weighted by Crippen LogP contribution is 2.45. The maximum absolute atomic E-state index is 6.67. The molecule has 0 saturated heterocycles. The molecule has 2 atom stereocenters. The third kappa shape index (κ3) is 2.40. The van der Waals surface area contributed by atoms with Crippen molar-refractivity contribution in [2.24, 2.45) is 0 Å². The molecule has 1 aliphatic rings. The molecule has 2 aromatic rings. The molecule has 0 N–H and O–H groups in total. The number of benzene rings is 2. The monoisotopic (exact) mass is 352 g/mol. The van der Waals surface area contributed by atoms with Crippen molar-refractivity contribution in [3.05, 3.63) is 58.1 Å². The van der Waals surface area contributed by atoms with Gasteiger partial charge in [-0.25, -0.2) is 0 Å². The molecule has 0 fully saturated rings. The molecule has 1 heterocycles. The Morgan fingerprint density at radius 3 is 2.85 bits per heavy atom. The molecule has 0 spiro atoms. The van der Waals surface area contributed by atoms with E-state index in [1.807, 2.05) is 36.4 Å². The van der Waals surface area contributed by atoms with Gasteiger partial charge in [0.05, 0.1) is 23.6 Å². The predicted molar refractivity (Wildman–Crippen MR) is 84.0 cm³/mol. The number of fused-ring (bicyclic) bond motifs is 1. The lowest BCUT2D eigenvalue weighted by Gasteiger charge is -2.17. The molecule has 3 rings (SSSR count). The van der Waals surface area contributed by atoms with Gasteiger partial charge < -0.3 is 9.47 Å². The SMILES string of the molecule is COc1ccc(C(Cl)C2COc3ccccc32)cc1Br. The number of methoxy groups -OCH3 is 1. The van der Waals surface area contributed by atoms with Gasteiger partial charge in [-0.05, 0) is 39.7 Å². The summed E-state index contributed by atoms with van der Waals surface area (Å²) in [5, 5.41) is -0.124. The van der Waals surface area contributed by atoms with E-state index in [1.54, 1.807) is 7.11 Å². The van der Waals surface area contributed by atoms with Crippen molar-refractivity contribution >= 4 is 27.5 Å². The van der Waals surface area contributed by atoms with Crippen LogP contribution < -0.4 is 9.47 Å². The average molecular weight is 354 g/mol. The first-order valence-corrected chi connectivity index (χ1v) is 7.63. The molecule has 2 nitrogen and oxygen atoms in total. The summed E-state index contributed by atoms with van der Waals surface area (Å²) >= 11 is 10.2. The number of hydrogen-bond acceptors (Lipinski definition) is 2. The molecule has 1 aliphatic heterocycles. The van der Waals surface area contributed by atoms with Crippen LogP contribution in [0.15, 0.2) is 46.9 Å². The summed E-state index contributed by atoms with van der Waals surface area (Å²) in [4.78, 5) is 0. The first-order valence-electron chi connectivity index (χ1n) is 6.40. The van der Waals surface area contributed by atoms with Crippen molar-refractivity contribution in [2.75, 3.05) is 13.7 Å². The molecule has 0 aromatic heterocycles. The van der Waals surface area contributed by atoms with Gasteiger partial charge in [-0.15, -0.1) is 11.6 Å². The number of ether oxygens (including phenoxy) is 2. The highest BCUT2D eigenvalue weighted by atomic mass is 79.9. The highest BCUT2D eigenvalue weighted by Gasteiger charge is 2.31. The zero-order valence-corrected chi connectivity index (χ0v) is 13.3. The topological polar surface area (TPSA) is 18.5 Å². The summed E-state index contributed by atoms with van der Waals surface area (Å²) < 4.78 is 11.9. The summed E-state index contributed by atoms with van der Waals surface area (Å²) in [5.41, 5.74) is 2.24. The van der Waals surface area contributed by atoms with Gasteiger partial charge in [0.2, 0.25) is 0 Å². The standard InChI is InChI=1S/C16H14BrClO2/c1-19-15-7-6-10(8-13(15)17)16(18)12-9-20-14-5-3-2-4-11(12)14/h2-8,12,16H,9H2,1H3. The van der Waals surface area contributed by atoms with Crippen molar-refractivity contribution in [2.45, 2.75) is 11.3 Å². The minimum absolute atomic E-state index is 0.124. The zero-order valence-electron chi connectivity index (χ0n) is 11.0. The van der Waals surface area contributed by atoms with Crippen LogP contribution >= 0.6 is 27.5 Å². The Labute approximate surface area is 131 Å². The van der Waals surface area contributed by atoms with Crippen LogP contribution in [0.4, 0.5) is 0 Å². The molecule has 0 radical (unpaired) electrons. The Bertz CT molecular complexity index is 630. The third-order valence-electron chi connectivity index (χ3n) is 3.58. The van der Waals surface area contributed by atoms with Crippen LogP contribution in [0, 0.1) is 0 Å². The van der Waals surface area contributed by atoms with Gasteiger partial charge in [0.25, 0.3) is 0 Å². The van der Waals surface area contributed by atoms with Gasteiger partial charge in [0, 0.05) is 11.5 Å². The number of halogens is 2. The number of hydrogen-bond donors (Lipinski definition) is 0. The van der Waals surface area contributed by atoms with Crippen LogP contribution in [0.2, 0.25) is 0 Å². The molecule has 2 aromatic carbocycles. The molecule has 104 valence electrons. The van der Waals surface area contributed by atoms with Gasteiger partial charge in [-0.2, -0.15) is 0 Å². The van der Waals surface area contributed by atoms with Crippen LogP contribution in [0.1, 0.15) is 22.4 Å². The second-order valence-electron chi connectivity index (χ2n) is 4.75. The van der Waals surface area contributed by atoms with Crippen LogP contribution in [-0.2, 0) is 0 Å². The minimum atomic E-state index is -0.124. The summed E-state index contributed by atoms with van der Waals surface area (Å²) in [6.07, 6.45) is 0. The van der Waals surface area contributed by atoms with E-state index in [1.165, 1.54) is 5.56 Å². The third-order valence-corrected chi connectivity index (χ3v) is 4.76. The quantitative estimate of drug-likeness (QED) is 0.730. The molecule has 2 unspecified atom stereocenters. The van der Waals surface area contributed by atoms with Crippen molar-refractivity contribution in [3.8, 4) is 11.5 Å². The van der Waals surface area contributed by atoms with E-state index in [-0.39, 0.29) is 11.3 Å². The summed E-state index contributed by atoms with van der Waals surface area (Å²) in [6.45, 7) is 0.622. The largest absolute Gasteiger partial charge is 0.496 e. The van der Waals surface area contributed by atoms with Gasteiger partial charge in [-0.1, -0.05) is 24.3 Å². The number of para-hydroxylation sites is 1. The fourth-order valence-electron chi connectivity index (χ4n) is 2.52. The average Bonchev–Trinajstić information content (AvgIpc) is 2.90. The minimum Gasteiger partial charge on any atom is -0.496 e. The van der Waals surface area contributed by atoms with Crippen LogP contribution in [-0.4, -0.2) is 13.7 Å². The van der Waals surface area contributed by atoms with Crippen LogP contribution in [0.5, 0.6) is 11.5 Å². The number of alkyl halides is 1. The van der Waals surface area contributed by atoms with Crippen LogP contribution in [0.3, 0.4) is 0 Å². The fourth-order valence-corrected chi connectivity index (χ4v) is 3.42. The highest BCUT2D eigenvalue weighted by molar-refractivity contribution is 9.10. The van der Waals surface area contributed by atoms with Gasteiger partial charge in [0.1, 0.15) is 11.5 Å². The van der Waals surface area contributed by atoms with Crippen molar-refractivity contribution in [3.63, 3.8) is 0 Å². The van der Waals surface area contributed by atoms with E-state index < -0.39 is 0 Å². The Morgan fingerprint density at radius 1 is 1.30 bits per heavy atom. The molecule has 0 bridgehead atoms. The van der Waals surface area contributed by atoms with Gasteiger partial charge in [-0.3, -0.25) is 0 Å². The summed E-state index contributed by atoms with van der Waals surface area (Å²) in [5.74, 6) is 1.92. The Hall–Kier alpha value is -1.19. The molecular formula is C16H14BrClO2. The van der Waals surface area contributed by atoms with Crippen molar-refractivity contribution in [1.29, 1.82) is 0 Å². The van der Waals surface area contributed by atoms with E-state index in [0.29, 0.717) is 6.61 Å². The van der Waals surface area contributed by atoms with E-state index >= 15 is 0 Å². The molecule has 0 amide bonds. The Morgan fingerprint density at radius 2 is 2.10 bits per heavy atom. The predicted octanol–water partition coefficient (Wildman–Crippen LogP) is 4.91. The molecular weight excluding hydrogens is 340 g/mol. The first-order chi connectivity index (χ1) is 9.70.